The van der Waals surface area contributed by atoms with Crippen molar-refractivity contribution < 1.29 is 4.79 Å². The minimum Gasteiger partial charge on any atom is -0.376 e. The Balaban J connectivity index is 1.83. The second kappa shape index (κ2) is 7.24. The third-order valence-electron chi connectivity index (χ3n) is 4.83. The van der Waals surface area contributed by atoms with Gasteiger partial charge in [0, 0.05) is 49.1 Å². The van der Waals surface area contributed by atoms with Gasteiger partial charge in [-0.3, -0.25) is 4.79 Å². The number of nitrogens with one attached hydrogen (secondary N) is 1. The number of ketones is 1. The molecule has 28 heavy (non-hydrogen) atoms. The molecule has 1 aliphatic heterocycles. The zero-order chi connectivity index (χ0) is 19.8. The Labute approximate surface area is 170 Å². The van der Waals surface area contributed by atoms with Gasteiger partial charge >= 0.3 is 0 Å². The molecule has 1 heterocycles. The number of nitrogens with zero attached hydrogens (tertiary/aromatic N) is 2. The van der Waals surface area contributed by atoms with E-state index in [9.17, 15) is 4.79 Å². The van der Waals surface area contributed by atoms with Crippen LogP contribution >= 0.6 is 11.8 Å². The van der Waals surface area contributed by atoms with Gasteiger partial charge in [-0.25, -0.2) is 0 Å². The lowest BCUT2D eigenvalue weighted by atomic mass is 9.98. The normalized spacial score (nSPS) is 11.9. The maximum absolute atomic E-state index is 13.6. The van der Waals surface area contributed by atoms with Crippen LogP contribution in [0, 0.1) is 0 Å². The molecule has 0 fully saturated rings. The Kier molecular flexibility index (Phi) is 4.77. The summed E-state index contributed by atoms with van der Waals surface area (Å²) < 4.78 is 0. The first kappa shape index (κ1) is 18.4. The molecule has 5 heteroatoms. The second-order valence-corrected chi connectivity index (χ2v) is 8.28. The summed E-state index contributed by atoms with van der Waals surface area (Å²) in [7, 11) is 7.94. The van der Waals surface area contributed by atoms with Gasteiger partial charge < -0.3 is 15.1 Å². The molecule has 1 N–H and O–H groups in total. The van der Waals surface area contributed by atoms with Crippen molar-refractivity contribution >= 4 is 40.3 Å². The number of fused-ring (bicyclic) bond motifs is 2. The average Bonchev–Trinajstić information content (AvgIpc) is 2.70. The van der Waals surface area contributed by atoms with E-state index in [1.807, 2.05) is 86.5 Å². The van der Waals surface area contributed by atoms with E-state index in [4.69, 9.17) is 0 Å². The molecule has 0 aromatic heterocycles. The van der Waals surface area contributed by atoms with E-state index in [1.165, 1.54) is 4.90 Å². The highest BCUT2D eigenvalue weighted by Crippen LogP contribution is 2.46. The fourth-order valence-corrected chi connectivity index (χ4v) is 4.56. The smallest absolute Gasteiger partial charge is 0.197 e. The topological polar surface area (TPSA) is 35.6 Å². The lowest BCUT2D eigenvalue weighted by Gasteiger charge is -2.26. The molecule has 0 unspecified atom stereocenters. The quantitative estimate of drug-likeness (QED) is 0.482. The van der Waals surface area contributed by atoms with E-state index in [0.29, 0.717) is 11.1 Å². The van der Waals surface area contributed by atoms with Crippen LogP contribution in [0.5, 0.6) is 0 Å². The van der Waals surface area contributed by atoms with Gasteiger partial charge in [0.05, 0.1) is 22.7 Å². The van der Waals surface area contributed by atoms with Gasteiger partial charge in [0.1, 0.15) is 0 Å². The van der Waals surface area contributed by atoms with E-state index in [1.54, 1.807) is 11.8 Å². The van der Waals surface area contributed by atoms with E-state index in [0.717, 1.165) is 27.6 Å². The number of para-hydroxylation sites is 3. The summed E-state index contributed by atoms with van der Waals surface area (Å²) in [5.41, 5.74) is 5.27. The number of carbonyl (C=O) groups excluding carboxylic acids is 1. The molecule has 1 aliphatic rings. The molecule has 3 aromatic rings. The van der Waals surface area contributed by atoms with Crippen molar-refractivity contribution in [3.63, 3.8) is 0 Å². The largest absolute Gasteiger partial charge is 0.376 e. The summed E-state index contributed by atoms with van der Waals surface area (Å²) >= 11 is 1.69. The molecule has 0 saturated heterocycles. The molecule has 142 valence electrons. The van der Waals surface area contributed by atoms with Crippen LogP contribution in [0.25, 0.3) is 0 Å². The maximum atomic E-state index is 13.6. The summed E-state index contributed by atoms with van der Waals surface area (Å²) in [6, 6.07) is 20.0. The standard InChI is InChI=1S/C23H23N3OS/c1-25(2)18-12-7-10-16(22(18)26(3)4)23(27)15-9-8-14-20-21(15)24-17-11-5-6-13-19(17)28-20/h5-14,24H,1-4H3. The Hall–Kier alpha value is -2.92. The summed E-state index contributed by atoms with van der Waals surface area (Å²) in [4.78, 5) is 19.9. The van der Waals surface area contributed by atoms with Gasteiger partial charge in [-0.1, -0.05) is 36.0 Å². The number of carbonyl (C=O) groups is 1. The number of hydrogen-bond acceptors (Lipinski definition) is 5. The van der Waals surface area contributed by atoms with Crippen LogP contribution in [0.15, 0.2) is 70.5 Å². The molecule has 0 radical (unpaired) electrons. The molecule has 4 rings (SSSR count). The molecule has 3 aromatic carbocycles. The Morgan fingerprint density at radius 1 is 0.786 bits per heavy atom. The van der Waals surface area contributed by atoms with E-state index < -0.39 is 0 Å². The van der Waals surface area contributed by atoms with Gasteiger partial charge in [-0.05, 0) is 36.4 Å². The molecule has 0 spiro atoms. The minimum absolute atomic E-state index is 0.0248. The van der Waals surface area contributed by atoms with Gasteiger partial charge in [0.25, 0.3) is 0 Å². The number of benzene rings is 3. The Morgan fingerprint density at radius 2 is 1.46 bits per heavy atom. The highest BCUT2D eigenvalue weighted by molar-refractivity contribution is 7.99. The van der Waals surface area contributed by atoms with E-state index in [2.05, 4.69) is 17.4 Å². The van der Waals surface area contributed by atoms with Crippen LogP contribution in [0.4, 0.5) is 22.7 Å². The molecular weight excluding hydrogens is 366 g/mol. The van der Waals surface area contributed by atoms with Crippen LogP contribution in [-0.4, -0.2) is 34.0 Å². The molecule has 4 nitrogen and oxygen atoms in total. The first-order valence-electron chi connectivity index (χ1n) is 9.16. The lowest BCUT2D eigenvalue weighted by molar-refractivity contribution is 0.104. The minimum atomic E-state index is 0.0248. The highest BCUT2D eigenvalue weighted by Gasteiger charge is 2.25. The SMILES string of the molecule is CN(C)c1cccc(C(=O)c2cccc3c2Nc2ccccc2S3)c1N(C)C. The summed E-state index contributed by atoms with van der Waals surface area (Å²) in [5.74, 6) is 0.0248. The summed E-state index contributed by atoms with van der Waals surface area (Å²) in [6.07, 6.45) is 0. The number of hydrogen-bond donors (Lipinski definition) is 1. The van der Waals surface area contributed by atoms with Crippen LogP contribution in [0.2, 0.25) is 0 Å². The van der Waals surface area contributed by atoms with Crippen molar-refractivity contribution in [1.29, 1.82) is 0 Å². The third kappa shape index (κ3) is 3.12. The highest BCUT2D eigenvalue weighted by atomic mass is 32.2. The molecule has 0 bridgehead atoms. The fourth-order valence-electron chi connectivity index (χ4n) is 3.54. The zero-order valence-corrected chi connectivity index (χ0v) is 17.3. The van der Waals surface area contributed by atoms with Crippen molar-refractivity contribution in [3.8, 4) is 0 Å². The monoisotopic (exact) mass is 389 g/mol. The van der Waals surface area contributed by atoms with Crippen molar-refractivity contribution in [3.05, 3.63) is 71.8 Å². The number of rotatable bonds is 4. The van der Waals surface area contributed by atoms with Crippen molar-refractivity contribution in [1.82, 2.24) is 0 Å². The van der Waals surface area contributed by atoms with Crippen LogP contribution in [0.1, 0.15) is 15.9 Å². The van der Waals surface area contributed by atoms with Crippen LogP contribution < -0.4 is 15.1 Å². The molecule has 0 amide bonds. The molecular formula is C23H23N3OS. The Bertz CT molecular complexity index is 1060. The molecule has 0 aliphatic carbocycles. The molecule has 0 atom stereocenters. The number of anilines is 4. The zero-order valence-electron chi connectivity index (χ0n) is 16.5. The van der Waals surface area contributed by atoms with Crippen molar-refractivity contribution in [2.45, 2.75) is 9.79 Å². The first-order valence-corrected chi connectivity index (χ1v) is 9.98. The lowest BCUT2D eigenvalue weighted by Crippen LogP contribution is -2.20. The Morgan fingerprint density at radius 3 is 2.21 bits per heavy atom. The van der Waals surface area contributed by atoms with Gasteiger partial charge in [0.15, 0.2) is 5.78 Å². The van der Waals surface area contributed by atoms with Gasteiger partial charge in [-0.2, -0.15) is 0 Å². The summed E-state index contributed by atoms with van der Waals surface area (Å²) in [5, 5.41) is 3.48. The third-order valence-corrected chi connectivity index (χ3v) is 5.96. The fraction of sp³-hybridized carbons (Fsp3) is 0.174. The van der Waals surface area contributed by atoms with Gasteiger partial charge in [-0.15, -0.1) is 0 Å². The van der Waals surface area contributed by atoms with E-state index >= 15 is 0 Å². The average molecular weight is 390 g/mol. The van der Waals surface area contributed by atoms with Crippen molar-refractivity contribution in [2.24, 2.45) is 0 Å². The van der Waals surface area contributed by atoms with Gasteiger partial charge in [0.2, 0.25) is 0 Å². The summed E-state index contributed by atoms with van der Waals surface area (Å²) in [6.45, 7) is 0. The van der Waals surface area contributed by atoms with Crippen molar-refractivity contribution in [2.75, 3.05) is 43.3 Å². The predicted molar refractivity (Wildman–Crippen MR) is 119 cm³/mol. The second-order valence-electron chi connectivity index (χ2n) is 7.19. The first-order chi connectivity index (χ1) is 13.5. The van der Waals surface area contributed by atoms with Crippen LogP contribution in [0.3, 0.4) is 0 Å². The van der Waals surface area contributed by atoms with Crippen LogP contribution in [-0.2, 0) is 0 Å². The van der Waals surface area contributed by atoms with E-state index in [-0.39, 0.29) is 5.78 Å². The predicted octanol–water partition coefficient (Wildman–Crippen LogP) is 5.26. The molecule has 0 saturated carbocycles. The maximum Gasteiger partial charge on any atom is 0.197 e.